The Hall–Kier alpha value is -1.09. The van der Waals surface area contributed by atoms with Gasteiger partial charge in [-0.15, -0.1) is 0 Å². The third kappa shape index (κ3) is 4.20. The molecule has 1 aromatic heterocycles. The quantitative estimate of drug-likeness (QED) is 0.879. The Kier molecular flexibility index (Phi) is 5.64. The number of anilines is 1. The van der Waals surface area contributed by atoms with Crippen LogP contribution in [0.1, 0.15) is 45.1 Å². The molecule has 0 aliphatic carbocycles. The summed E-state index contributed by atoms with van der Waals surface area (Å²) >= 11 is 0. The molecule has 1 atom stereocenters. The lowest BCUT2D eigenvalue weighted by Gasteiger charge is -2.21. The molecule has 2 rings (SSSR count). The van der Waals surface area contributed by atoms with Gasteiger partial charge in [-0.05, 0) is 51.3 Å². The van der Waals surface area contributed by atoms with E-state index < -0.39 is 0 Å². The zero-order chi connectivity index (χ0) is 13.5. The van der Waals surface area contributed by atoms with Crippen LogP contribution in [0.5, 0.6) is 0 Å². The van der Waals surface area contributed by atoms with Crippen molar-refractivity contribution in [3.63, 3.8) is 0 Å². The van der Waals surface area contributed by atoms with E-state index in [2.05, 4.69) is 35.1 Å². The fourth-order valence-electron chi connectivity index (χ4n) is 2.92. The topological polar surface area (TPSA) is 28.2 Å². The maximum Gasteiger partial charge on any atom is 0.130 e. The number of pyridine rings is 1. The Bertz CT molecular complexity index is 378. The van der Waals surface area contributed by atoms with E-state index in [9.17, 15) is 0 Å². The minimum atomic E-state index is 0.932. The minimum Gasteiger partial charge on any atom is -0.370 e. The third-order valence-electron chi connectivity index (χ3n) is 4.15. The normalized spacial score (nSPS) is 21.1. The van der Waals surface area contributed by atoms with Crippen LogP contribution in [0.3, 0.4) is 0 Å². The van der Waals surface area contributed by atoms with Gasteiger partial charge in [-0.25, -0.2) is 4.98 Å². The third-order valence-corrected chi connectivity index (χ3v) is 4.15. The second-order valence-electron chi connectivity index (χ2n) is 5.52. The molecule has 2 heterocycles. The molecule has 1 N–H and O–H groups in total. The Labute approximate surface area is 117 Å². The number of hydrogen-bond donors (Lipinski definition) is 1. The molecule has 1 aromatic rings. The van der Waals surface area contributed by atoms with Crippen molar-refractivity contribution in [1.82, 2.24) is 9.88 Å². The molecule has 3 nitrogen and oxygen atoms in total. The Morgan fingerprint density at radius 2 is 2.21 bits per heavy atom. The van der Waals surface area contributed by atoms with Gasteiger partial charge in [0.15, 0.2) is 0 Å². The zero-order valence-corrected chi connectivity index (χ0v) is 12.4. The van der Waals surface area contributed by atoms with Gasteiger partial charge in [0, 0.05) is 24.8 Å². The maximum absolute atomic E-state index is 4.45. The summed E-state index contributed by atoms with van der Waals surface area (Å²) in [5.41, 5.74) is 1.33. The predicted molar refractivity (Wildman–Crippen MR) is 81.3 cm³/mol. The van der Waals surface area contributed by atoms with Crippen LogP contribution >= 0.6 is 0 Å². The second kappa shape index (κ2) is 7.49. The largest absolute Gasteiger partial charge is 0.370 e. The summed E-state index contributed by atoms with van der Waals surface area (Å²) < 4.78 is 0. The molecule has 0 radical (unpaired) electrons. The summed E-state index contributed by atoms with van der Waals surface area (Å²) in [4.78, 5) is 7.04. The van der Waals surface area contributed by atoms with Crippen LogP contribution < -0.4 is 5.32 Å². The molecule has 1 aliphatic heterocycles. The van der Waals surface area contributed by atoms with E-state index in [0.29, 0.717) is 0 Å². The van der Waals surface area contributed by atoms with Gasteiger partial charge >= 0.3 is 0 Å². The molecule has 0 saturated carbocycles. The summed E-state index contributed by atoms with van der Waals surface area (Å²) in [5.74, 6) is 1.99. The first-order valence-corrected chi connectivity index (χ1v) is 7.73. The van der Waals surface area contributed by atoms with Crippen molar-refractivity contribution >= 4 is 5.82 Å². The average Bonchev–Trinajstić information content (AvgIpc) is 2.66. The highest BCUT2D eigenvalue weighted by Crippen LogP contribution is 2.22. The average molecular weight is 261 g/mol. The Morgan fingerprint density at radius 1 is 1.32 bits per heavy atom. The molecule has 0 amide bonds. The van der Waals surface area contributed by atoms with Gasteiger partial charge in [0.2, 0.25) is 0 Å². The van der Waals surface area contributed by atoms with E-state index in [-0.39, 0.29) is 0 Å². The number of nitrogens with one attached hydrogen (secondary N) is 1. The van der Waals surface area contributed by atoms with Gasteiger partial charge in [-0.3, -0.25) is 4.90 Å². The first-order valence-electron chi connectivity index (χ1n) is 7.73. The summed E-state index contributed by atoms with van der Waals surface area (Å²) in [6.45, 7) is 8.88. The lowest BCUT2D eigenvalue weighted by molar-refractivity contribution is 0.272. The summed E-state index contributed by atoms with van der Waals surface area (Å²) in [7, 11) is 0. The van der Waals surface area contributed by atoms with Crippen LogP contribution in [0.15, 0.2) is 18.3 Å². The first-order chi connectivity index (χ1) is 9.33. The molecular formula is C16H27N3. The van der Waals surface area contributed by atoms with Gasteiger partial charge in [-0.1, -0.05) is 19.4 Å². The minimum absolute atomic E-state index is 0.932. The second-order valence-corrected chi connectivity index (χ2v) is 5.52. The van der Waals surface area contributed by atoms with E-state index >= 15 is 0 Å². The molecule has 106 valence electrons. The van der Waals surface area contributed by atoms with E-state index in [1.165, 1.54) is 44.3 Å². The Balaban J connectivity index is 1.96. The molecule has 3 heteroatoms. The lowest BCUT2D eigenvalue weighted by atomic mass is 9.98. The van der Waals surface area contributed by atoms with Crippen molar-refractivity contribution in [2.75, 3.05) is 25.0 Å². The number of hydrogen-bond acceptors (Lipinski definition) is 3. The van der Waals surface area contributed by atoms with Gasteiger partial charge < -0.3 is 5.32 Å². The van der Waals surface area contributed by atoms with Crippen LogP contribution in [0, 0.1) is 5.92 Å². The van der Waals surface area contributed by atoms with Gasteiger partial charge in [-0.2, -0.15) is 0 Å². The SMILES string of the molecule is CCNc1ncccc1CN1CCCC(CC)CC1. The number of rotatable bonds is 5. The van der Waals surface area contributed by atoms with Crippen molar-refractivity contribution in [2.24, 2.45) is 5.92 Å². The molecule has 0 bridgehead atoms. The number of aromatic nitrogens is 1. The Morgan fingerprint density at radius 3 is 3.00 bits per heavy atom. The van der Waals surface area contributed by atoms with Crippen LogP contribution in [-0.4, -0.2) is 29.5 Å². The summed E-state index contributed by atoms with van der Waals surface area (Å²) in [6.07, 6.45) is 7.31. The van der Waals surface area contributed by atoms with Crippen molar-refractivity contribution in [3.8, 4) is 0 Å². The molecule has 19 heavy (non-hydrogen) atoms. The van der Waals surface area contributed by atoms with Gasteiger partial charge in [0.25, 0.3) is 0 Å². The zero-order valence-electron chi connectivity index (χ0n) is 12.4. The van der Waals surface area contributed by atoms with Gasteiger partial charge in [0.1, 0.15) is 5.82 Å². The highest BCUT2D eigenvalue weighted by Gasteiger charge is 2.16. The highest BCUT2D eigenvalue weighted by atomic mass is 15.1. The van der Waals surface area contributed by atoms with Crippen molar-refractivity contribution in [2.45, 2.75) is 46.1 Å². The van der Waals surface area contributed by atoms with Crippen molar-refractivity contribution in [1.29, 1.82) is 0 Å². The molecule has 1 saturated heterocycles. The molecule has 1 aliphatic rings. The molecular weight excluding hydrogens is 234 g/mol. The van der Waals surface area contributed by atoms with E-state index in [4.69, 9.17) is 0 Å². The molecule has 0 spiro atoms. The fraction of sp³-hybridized carbons (Fsp3) is 0.688. The van der Waals surface area contributed by atoms with Crippen molar-refractivity contribution in [3.05, 3.63) is 23.9 Å². The monoisotopic (exact) mass is 261 g/mol. The molecule has 1 unspecified atom stereocenters. The summed E-state index contributed by atoms with van der Waals surface area (Å²) in [5, 5.41) is 3.36. The molecule has 0 aromatic carbocycles. The first kappa shape index (κ1) is 14.3. The summed E-state index contributed by atoms with van der Waals surface area (Å²) in [6, 6.07) is 4.25. The van der Waals surface area contributed by atoms with Gasteiger partial charge in [0.05, 0.1) is 0 Å². The maximum atomic E-state index is 4.45. The van der Waals surface area contributed by atoms with Crippen molar-refractivity contribution < 1.29 is 0 Å². The highest BCUT2D eigenvalue weighted by molar-refractivity contribution is 5.43. The van der Waals surface area contributed by atoms with Crippen LogP contribution in [0.25, 0.3) is 0 Å². The van der Waals surface area contributed by atoms with Crippen LogP contribution in [-0.2, 0) is 6.54 Å². The number of nitrogens with zero attached hydrogens (tertiary/aromatic N) is 2. The smallest absolute Gasteiger partial charge is 0.130 e. The molecule has 1 fully saturated rings. The van der Waals surface area contributed by atoms with E-state index in [1.807, 2.05) is 12.3 Å². The van der Waals surface area contributed by atoms with E-state index in [1.54, 1.807) is 0 Å². The van der Waals surface area contributed by atoms with E-state index in [0.717, 1.165) is 24.8 Å². The lowest BCUT2D eigenvalue weighted by Crippen LogP contribution is -2.25. The van der Waals surface area contributed by atoms with Crippen LogP contribution in [0.4, 0.5) is 5.82 Å². The van der Waals surface area contributed by atoms with Crippen LogP contribution in [0.2, 0.25) is 0 Å². The fourth-order valence-corrected chi connectivity index (χ4v) is 2.92. The standard InChI is InChI=1S/C16H27N3/c1-3-14-7-6-11-19(12-9-14)13-15-8-5-10-18-16(15)17-4-2/h5,8,10,14H,3-4,6-7,9,11-13H2,1-2H3,(H,17,18). The number of likely N-dealkylation sites (tertiary alicyclic amines) is 1. The predicted octanol–water partition coefficient (Wildman–Crippen LogP) is 3.53.